The molecule has 2 fully saturated rings. The maximum atomic E-state index is 11.7. The van der Waals surface area contributed by atoms with Crippen LogP contribution >= 0.6 is 11.8 Å². The lowest BCUT2D eigenvalue weighted by atomic mass is 9.98. The van der Waals surface area contributed by atoms with E-state index in [1.54, 1.807) is 0 Å². The molecule has 0 aromatic rings. The van der Waals surface area contributed by atoms with Crippen LogP contribution in [0.1, 0.15) is 13.3 Å². The van der Waals surface area contributed by atoms with Crippen molar-refractivity contribution in [2.45, 2.75) is 18.9 Å². The van der Waals surface area contributed by atoms with Crippen molar-refractivity contribution in [3.8, 4) is 0 Å². The molecule has 0 aliphatic carbocycles. The highest BCUT2D eigenvalue weighted by Crippen LogP contribution is 2.27. The first kappa shape index (κ1) is 9.98. The van der Waals surface area contributed by atoms with Crippen molar-refractivity contribution in [1.82, 2.24) is 10.2 Å². The smallest absolute Gasteiger partial charge is 0.239 e. The van der Waals surface area contributed by atoms with Crippen LogP contribution in [0.5, 0.6) is 0 Å². The van der Waals surface area contributed by atoms with Gasteiger partial charge in [0.2, 0.25) is 11.8 Å². The second kappa shape index (κ2) is 3.55. The summed E-state index contributed by atoms with van der Waals surface area (Å²) in [5.41, 5.74) is -0.283. The van der Waals surface area contributed by atoms with Crippen LogP contribution in [0.2, 0.25) is 0 Å². The quantitative estimate of drug-likeness (QED) is 0.616. The van der Waals surface area contributed by atoms with E-state index in [0.29, 0.717) is 11.5 Å². The van der Waals surface area contributed by atoms with Gasteiger partial charge >= 0.3 is 0 Å². The predicted octanol–water partition coefficient (Wildman–Crippen LogP) is -0.160. The fourth-order valence-electron chi connectivity index (χ4n) is 2.09. The first-order valence-electron chi connectivity index (χ1n) is 4.78. The maximum Gasteiger partial charge on any atom is 0.239 e. The third kappa shape index (κ3) is 1.54. The number of nitrogens with one attached hydrogen (secondary N) is 1. The van der Waals surface area contributed by atoms with Crippen LogP contribution in [0, 0.1) is 0 Å². The molecule has 0 bridgehead atoms. The third-order valence-electron chi connectivity index (χ3n) is 2.84. The van der Waals surface area contributed by atoms with Gasteiger partial charge in [-0.2, -0.15) is 0 Å². The molecule has 1 N–H and O–H groups in total. The van der Waals surface area contributed by atoms with E-state index in [1.807, 2.05) is 6.92 Å². The van der Waals surface area contributed by atoms with Crippen LogP contribution in [-0.4, -0.2) is 46.8 Å². The Bertz CT molecular complexity index is 258. The predicted molar refractivity (Wildman–Crippen MR) is 55.1 cm³/mol. The number of carbonyl (C=O) groups is 2. The summed E-state index contributed by atoms with van der Waals surface area (Å²) in [5.74, 6) is 0.831. The number of carbonyl (C=O) groups excluding carboxylic acids is 2. The number of thioether (sulfide) groups is 1. The van der Waals surface area contributed by atoms with Crippen LogP contribution in [0.3, 0.4) is 0 Å². The van der Waals surface area contributed by atoms with Gasteiger partial charge in [0.15, 0.2) is 0 Å². The standard InChI is InChI=1S/C9H14N2O2S/c1-9(2-3-10-6-9)11-7(12)4-14-5-8(11)13/h10H,2-6H2,1H3. The van der Waals surface area contributed by atoms with Gasteiger partial charge in [-0.05, 0) is 19.9 Å². The van der Waals surface area contributed by atoms with E-state index in [-0.39, 0.29) is 17.4 Å². The molecule has 5 heteroatoms. The second-order valence-corrected chi connectivity index (χ2v) is 5.03. The van der Waals surface area contributed by atoms with Crippen LogP contribution < -0.4 is 5.32 Å². The monoisotopic (exact) mass is 214 g/mol. The molecule has 0 aromatic carbocycles. The lowest BCUT2D eigenvalue weighted by Gasteiger charge is -2.38. The Labute approximate surface area is 87.4 Å². The maximum absolute atomic E-state index is 11.7. The summed E-state index contributed by atoms with van der Waals surface area (Å²) in [6.07, 6.45) is 0.870. The minimum absolute atomic E-state index is 0.0301. The van der Waals surface area contributed by atoms with Crippen molar-refractivity contribution in [3.63, 3.8) is 0 Å². The minimum Gasteiger partial charge on any atom is -0.314 e. The molecule has 0 radical (unpaired) electrons. The molecule has 2 rings (SSSR count). The number of nitrogens with zero attached hydrogens (tertiary/aromatic N) is 1. The first-order valence-corrected chi connectivity index (χ1v) is 5.93. The molecule has 2 saturated heterocycles. The van der Waals surface area contributed by atoms with Gasteiger partial charge in [-0.1, -0.05) is 0 Å². The Balaban J connectivity index is 2.21. The highest BCUT2D eigenvalue weighted by Gasteiger charge is 2.43. The molecule has 2 amide bonds. The van der Waals surface area contributed by atoms with Gasteiger partial charge in [0.05, 0.1) is 17.0 Å². The van der Waals surface area contributed by atoms with E-state index in [0.717, 1.165) is 19.5 Å². The average molecular weight is 214 g/mol. The van der Waals surface area contributed by atoms with Crippen molar-refractivity contribution in [2.24, 2.45) is 0 Å². The van der Waals surface area contributed by atoms with Crippen LogP contribution in [0.15, 0.2) is 0 Å². The number of rotatable bonds is 1. The highest BCUT2D eigenvalue weighted by atomic mass is 32.2. The fourth-order valence-corrected chi connectivity index (χ4v) is 2.80. The molecule has 78 valence electrons. The molecule has 2 aliphatic rings. The van der Waals surface area contributed by atoms with Crippen molar-refractivity contribution in [2.75, 3.05) is 24.6 Å². The Morgan fingerprint density at radius 3 is 2.50 bits per heavy atom. The van der Waals surface area contributed by atoms with Gasteiger partial charge < -0.3 is 5.32 Å². The topological polar surface area (TPSA) is 49.4 Å². The van der Waals surface area contributed by atoms with Crippen LogP contribution in [-0.2, 0) is 9.59 Å². The zero-order valence-corrected chi connectivity index (χ0v) is 9.02. The van der Waals surface area contributed by atoms with Crippen molar-refractivity contribution >= 4 is 23.6 Å². The van der Waals surface area contributed by atoms with Gasteiger partial charge in [-0.15, -0.1) is 11.8 Å². The molecule has 1 unspecified atom stereocenters. The molecule has 2 heterocycles. The lowest BCUT2D eigenvalue weighted by Crippen LogP contribution is -2.57. The largest absolute Gasteiger partial charge is 0.314 e. The number of imide groups is 1. The highest BCUT2D eigenvalue weighted by molar-refractivity contribution is 8.00. The molecule has 2 aliphatic heterocycles. The summed E-state index contributed by atoms with van der Waals surface area (Å²) in [4.78, 5) is 24.8. The fraction of sp³-hybridized carbons (Fsp3) is 0.778. The van der Waals surface area contributed by atoms with Crippen molar-refractivity contribution < 1.29 is 9.59 Å². The normalized spacial score (nSPS) is 33.9. The summed E-state index contributed by atoms with van der Waals surface area (Å²) in [5, 5.41) is 3.20. The first-order chi connectivity index (χ1) is 6.63. The van der Waals surface area contributed by atoms with Gasteiger partial charge in [0.1, 0.15) is 0 Å². The molecular weight excluding hydrogens is 200 g/mol. The Hall–Kier alpha value is -0.550. The van der Waals surface area contributed by atoms with Crippen molar-refractivity contribution in [1.29, 1.82) is 0 Å². The summed E-state index contributed by atoms with van der Waals surface area (Å²) >= 11 is 1.41. The Morgan fingerprint density at radius 2 is 2.00 bits per heavy atom. The Morgan fingerprint density at radius 1 is 1.36 bits per heavy atom. The lowest BCUT2D eigenvalue weighted by molar-refractivity contribution is -0.148. The molecule has 14 heavy (non-hydrogen) atoms. The second-order valence-electron chi connectivity index (χ2n) is 4.04. The average Bonchev–Trinajstić information content (AvgIpc) is 2.52. The van der Waals surface area contributed by atoms with E-state index in [9.17, 15) is 9.59 Å². The third-order valence-corrected chi connectivity index (χ3v) is 3.74. The molecule has 1 atom stereocenters. The van der Waals surface area contributed by atoms with Crippen LogP contribution in [0.4, 0.5) is 0 Å². The summed E-state index contributed by atoms with van der Waals surface area (Å²) in [7, 11) is 0. The van der Waals surface area contributed by atoms with E-state index < -0.39 is 0 Å². The zero-order chi connectivity index (χ0) is 10.2. The summed E-state index contributed by atoms with van der Waals surface area (Å²) in [6.45, 7) is 3.61. The molecule has 4 nitrogen and oxygen atoms in total. The van der Waals surface area contributed by atoms with Crippen LogP contribution in [0.25, 0.3) is 0 Å². The number of hydrogen-bond acceptors (Lipinski definition) is 4. The summed E-state index contributed by atoms with van der Waals surface area (Å²) in [6, 6.07) is 0. The van der Waals surface area contributed by atoms with Gasteiger partial charge in [-0.25, -0.2) is 0 Å². The summed E-state index contributed by atoms with van der Waals surface area (Å²) < 4.78 is 0. The van der Waals surface area contributed by atoms with E-state index >= 15 is 0 Å². The van der Waals surface area contributed by atoms with Gasteiger partial charge in [-0.3, -0.25) is 14.5 Å². The molecule has 0 aromatic heterocycles. The Kier molecular flexibility index (Phi) is 2.53. The zero-order valence-electron chi connectivity index (χ0n) is 8.21. The minimum atomic E-state index is -0.283. The molecular formula is C9H14N2O2S. The van der Waals surface area contributed by atoms with Crippen molar-refractivity contribution in [3.05, 3.63) is 0 Å². The van der Waals surface area contributed by atoms with Gasteiger partial charge in [0, 0.05) is 6.54 Å². The van der Waals surface area contributed by atoms with E-state index in [4.69, 9.17) is 0 Å². The number of amides is 2. The molecule has 0 saturated carbocycles. The SMILES string of the molecule is CC1(N2C(=O)CSCC2=O)CCNC1. The molecule has 0 spiro atoms. The number of hydrogen-bond donors (Lipinski definition) is 1. The van der Waals surface area contributed by atoms with E-state index in [2.05, 4.69) is 5.32 Å². The van der Waals surface area contributed by atoms with Gasteiger partial charge in [0.25, 0.3) is 0 Å². The van der Waals surface area contributed by atoms with E-state index in [1.165, 1.54) is 16.7 Å².